The van der Waals surface area contributed by atoms with E-state index in [1.807, 2.05) is 0 Å². The van der Waals surface area contributed by atoms with Gasteiger partial charge >= 0.3 is 12.1 Å². The van der Waals surface area contributed by atoms with Gasteiger partial charge in [-0.1, -0.05) is 30.3 Å². The Balaban J connectivity index is 2.50. The molecule has 106 valence electrons. The topological polar surface area (TPSA) is 39.4 Å². The zero-order chi connectivity index (χ0) is 14.8. The molecule has 2 aromatic rings. The molecule has 0 bridgehead atoms. The van der Waals surface area contributed by atoms with E-state index in [1.165, 1.54) is 6.92 Å². The molecule has 0 aliphatic heterocycles. The van der Waals surface area contributed by atoms with E-state index < -0.39 is 23.5 Å². The Morgan fingerprint density at radius 1 is 1.25 bits per heavy atom. The predicted molar refractivity (Wildman–Crippen MR) is 65.1 cm³/mol. The summed E-state index contributed by atoms with van der Waals surface area (Å²) in [5, 5.41) is 0. The normalized spacial score (nSPS) is 11.4. The second-order valence-corrected chi connectivity index (χ2v) is 3.94. The molecular weight excluding hydrogens is 273 g/mol. The van der Waals surface area contributed by atoms with E-state index in [9.17, 15) is 18.0 Å². The van der Waals surface area contributed by atoms with Crippen molar-refractivity contribution in [3.05, 3.63) is 47.7 Å². The molecule has 6 heteroatoms. The molecular formula is C14H11F3O3. The number of hydrogen-bond acceptors (Lipinski definition) is 3. The third kappa shape index (κ3) is 2.84. The van der Waals surface area contributed by atoms with Gasteiger partial charge in [-0.15, -0.1) is 0 Å². The number of alkyl halides is 3. The summed E-state index contributed by atoms with van der Waals surface area (Å²) in [6, 6.07) is 9.28. The molecule has 1 aromatic heterocycles. The Kier molecular flexibility index (Phi) is 3.83. The molecule has 0 atom stereocenters. The third-order valence-electron chi connectivity index (χ3n) is 2.54. The molecule has 2 rings (SSSR count). The molecule has 0 saturated heterocycles. The van der Waals surface area contributed by atoms with Crippen molar-refractivity contribution < 1.29 is 27.1 Å². The number of carbonyl (C=O) groups excluding carboxylic acids is 1. The highest BCUT2D eigenvalue weighted by atomic mass is 19.4. The van der Waals surface area contributed by atoms with Gasteiger partial charge in [-0.25, -0.2) is 4.79 Å². The highest BCUT2D eigenvalue weighted by Crippen LogP contribution is 2.37. The van der Waals surface area contributed by atoms with Gasteiger partial charge in [0.1, 0.15) is 11.3 Å². The summed E-state index contributed by atoms with van der Waals surface area (Å²) in [6.07, 6.45) is -4.75. The summed E-state index contributed by atoms with van der Waals surface area (Å²) >= 11 is 0. The van der Waals surface area contributed by atoms with E-state index in [2.05, 4.69) is 4.74 Å². The van der Waals surface area contributed by atoms with Gasteiger partial charge in [0, 0.05) is 5.56 Å². The van der Waals surface area contributed by atoms with Crippen LogP contribution < -0.4 is 0 Å². The minimum Gasteiger partial charge on any atom is -0.462 e. The average molecular weight is 284 g/mol. The van der Waals surface area contributed by atoms with Crippen LogP contribution in [0.1, 0.15) is 23.0 Å². The molecule has 0 aliphatic rings. The van der Waals surface area contributed by atoms with E-state index in [0.29, 0.717) is 5.56 Å². The number of furan rings is 1. The van der Waals surface area contributed by atoms with Crippen molar-refractivity contribution in [2.45, 2.75) is 13.1 Å². The first-order valence-electron chi connectivity index (χ1n) is 5.87. The molecule has 0 unspecified atom stereocenters. The first kappa shape index (κ1) is 14.2. The van der Waals surface area contributed by atoms with Crippen LogP contribution in [0.4, 0.5) is 13.2 Å². The largest absolute Gasteiger partial charge is 0.462 e. The lowest BCUT2D eigenvalue weighted by Gasteiger charge is -2.05. The van der Waals surface area contributed by atoms with Crippen molar-refractivity contribution in [2.75, 3.05) is 6.61 Å². The lowest BCUT2D eigenvalue weighted by molar-refractivity contribution is -0.153. The second-order valence-electron chi connectivity index (χ2n) is 3.94. The summed E-state index contributed by atoms with van der Waals surface area (Å²) in [7, 11) is 0. The highest BCUT2D eigenvalue weighted by molar-refractivity contribution is 5.92. The predicted octanol–water partition coefficient (Wildman–Crippen LogP) is 4.14. The van der Waals surface area contributed by atoms with E-state index >= 15 is 0 Å². The van der Waals surface area contributed by atoms with Crippen LogP contribution in [0, 0.1) is 0 Å². The minimum atomic E-state index is -4.75. The SMILES string of the molecule is CCOC(=O)c1cc(-c2ccccc2)oc1C(F)(F)F. The van der Waals surface area contributed by atoms with Gasteiger partial charge < -0.3 is 9.15 Å². The Hall–Kier alpha value is -2.24. The van der Waals surface area contributed by atoms with E-state index in [1.54, 1.807) is 30.3 Å². The van der Waals surface area contributed by atoms with Gasteiger partial charge in [0.15, 0.2) is 0 Å². The van der Waals surface area contributed by atoms with Crippen molar-refractivity contribution in [1.29, 1.82) is 0 Å². The van der Waals surface area contributed by atoms with E-state index in [-0.39, 0.29) is 12.4 Å². The number of carbonyl (C=O) groups is 1. The lowest BCUT2D eigenvalue weighted by Crippen LogP contribution is -2.12. The first-order valence-corrected chi connectivity index (χ1v) is 5.87. The van der Waals surface area contributed by atoms with Crippen LogP contribution in [0.5, 0.6) is 0 Å². The number of ether oxygens (including phenoxy) is 1. The summed E-state index contributed by atoms with van der Waals surface area (Å²) in [4.78, 5) is 11.6. The van der Waals surface area contributed by atoms with Crippen molar-refractivity contribution >= 4 is 5.97 Å². The fraction of sp³-hybridized carbons (Fsp3) is 0.214. The molecule has 0 aliphatic carbocycles. The van der Waals surface area contributed by atoms with Crippen molar-refractivity contribution in [1.82, 2.24) is 0 Å². The molecule has 0 fully saturated rings. The second kappa shape index (κ2) is 5.40. The average Bonchev–Trinajstić information content (AvgIpc) is 2.85. The minimum absolute atomic E-state index is 0.0119. The Labute approximate surface area is 113 Å². The van der Waals surface area contributed by atoms with Crippen molar-refractivity contribution in [2.24, 2.45) is 0 Å². The third-order valence-corrected chi connectivity index (χ3v) is 2.54. The summed E-state index contributed by atoms with van der Waals surface area (Å²) in [5.74, 6) is -2.42. The van der Waals surface area contributed by atoms with Crippen LogP contribution in [0.2, 0.25) is 0 Å². The monoisotopic (exact) mass is 284 g/mol. The standard InChI is InChI=1S/C14H11F3O3/c1-2-19-13(18)10-8-11(9-6-4-3-5-7-9)20-12(10)14(15,16)17/h3-8H,2H2,1H3. The van der Waals surface area contributed by atoms with Gasteiger partial charge in [0.05, 0.1) is 6.61 Å². The summed E-state index contributed by atoms with van der Waals surface area (Å²) in [6.45, 7) is 1.51. The Morgan fingerprint density at radius 2 is 1.90 bits per heavy atom. The number of hydrogen-bond donors (Lipinski definition) is 0. The number of benzene rings is 1. The van der Waals surface area contributed by atoms with Gasteiger partial charge in [-0.3, -0.25) is 0 Å². The molecule has 0 N–H and O–H groups in total. The summed E-state index contributed by atoms with van der Waals surface area (Å²) in [5.41, 5.74) is -0.160. The summed E-state index contributed by atoms with van der Waals surface area (Å²) < 4.78 is 48.1. The fourth-order valence-electron chi connectivity index (χ4n) is 1.71. The molecule has 0 amide bonds. The maximum absolute atomic E-state index is 12.9. The number of esters is 1. The molecule has 0 radical (unpaired) electrons. The van der Waals surface area contributed by atoms with E-state index in [0.717, 1.165) is 6.07 Å². The number of halogens is 3. The Morgan fingerprint density at radius 3 is 2.45 bits per heavy atom. The van der Waals surface area contributed by atoms with Gasteiger partial charge in [-0.2, -0.15) is 13.2 Å². The lowest BCUT2D eigenvalue weighted by atomic mass is 10.1. The van der Waals surface area contributed by atoms with Gasteiger partial charge in [-0.05, 0) is 13.0 Å². The quantitative estimate of drug-likeness (QED) is 0.795. The fourth-order valence-corrected chi connectivity index (χ4v) is 1.71. The van der Waals surface area contributed by atoms with Crippen LogP contribution >= 0.6 is 0 Å². The maximum atomic E-state index is 12.9. The zero-order valence-corrected chi connectivity index (χ0v) is 10.5. The van der Waals surface area contributed by atoms with Crippen LogP contribution in [-0.2, 0) is 10.9 Å². The molecule has 20 heavy (non-hydrogen) atoms. The van der Waals surface area contributed by atoms with Crippen LogP contribution in [-0.4, -0.2) is 12.6 Å². The molecule has 0 saturated carbocycles. The van der Waals surface area contributed by atoms with Crippen LogP contribution in [0.25, 0.3) is 11.3 Å². The Bertz CT molecular complexity index is 600. The van der Waals surface area contributed by atoms with Crippen LogP contribution in [0.3, 0.4) is 0 Å². The van der Waals surface area contributed by atoms with Crippen LogP contribution in [0.15, 0.2) is 40.8 Å². The van der Waals surface area contributed by atoms with Gasteiger partial charge in [0.2, 0.25) is 5.76 Å². The van der Waals surface area contributed by atoms with Gasteiger partial charge in [0.25, 0.3) is 0 Å². The van der Waals surface area contributed by atoms with Crippen molar-refractivity contribution in [3.8, 4) is 11.3 Å². The first-order chi connectivity index (χ1) is 9.43. The zero-order valence-electron chi connectivity index (χ0n) is 10.5. The highest BCUT2D eigenvalue weighted by Gasteiger charge is 2.41. The molecule has 3 nitrogen and oxygen atoms in total. The maximum Gasteiger partial charge on any atom is 0.450 e. The number of rotatable bonds is 3. The smallest absolute Gasteiger partial charge is 0.450 e. The van der Waals surface area contributed by atoms with Crippen molar-refractivity contribution in [3.63, 3.8) is 0 Å². The molecule has 1 aromatic carbocycles. The molecule has 1 heterocycles. The molecule has 0 spiro atoms. The van der Waals surface area contributed by atoms with E-state index in [4.69, 9.17) is 4.42 Å².